The minimum atomic E-state index is 0. The molecule has 2 N–H and O–H groups in total. The van der Waals surface area contributed by atoms with Crippen LogP contribution in [0.1, 0.15) is 33.5 Å². The third kappa shape index (κ3) is 3.05. The molecule has 2 heterocycles. The summed E-state index contributed by atoms with van der Waals surface area (Å²) in [5, 5.41) is 0. The highest BCUT2D eigenvalue weighted by Crippen LogP contribution is 2.24. The first-order valence-corrected chi connectivity index (χ1v) is 6.92. The summed E-state index contributed by atoms with van der Waals surface area (Å²) in [7, 11) is 0. The van der Waals surface area contributed by atoms with Crippen LogP contribution < -0.4 is 5.73 Å². The number of rotatable bonds is 1. The lowest BCUT2D eigenvalue weighted by molar-refractivity contribution is 0.0669. The number of amides is 1. The van der Waals surface area contributed by atoms with Crippen LogP contribution in [0.15, 0.2) is 6.07 Å². The van der Waals surface area contributed by atoms with Gasteiger partial charge in [0.05, 0.1) is 4.88 Å². The van der Waals surface area contributed by atoms with E-state index in [1.54, 1.807) is 11.3 Å². The fourth-order valence-corrected chi connectivity index (χ4v) is 3.18. The molecule has 5 heteroatoms. The summed E-state index contributed by atoms with van der Waals surface area (Å²) in [4.78, 5) is 16.4. The van der Waals surface area contributed by atoms with Gasteiger partial charge in [-0.15, -0.1) is 23.7 Å². The number of aryl methyl sites for hydroxylation is 2. The Kier molecular flexibility index (Phi) is 5.20. The highest BCUT2D eigenvalue weighted by atomic mass is 35.5. The van der Waals surface area contributed by atoms with Crippen molar-refractivity contribution in [1.82, 2.24) is 4.90 Å². The minimum Gasteiger partial charge on any atom is -0.338 e. The molecule has 0 aromatic carbocycles. The van der Waals surface area contributed by atoms with E-state index in [2.05, 4.69) is 20.8 Å². The maximum absolute atomic E-state index is 12.3. The van der Waals surface area contributed by atoms with Crippen LogP contribution in [-0.4, -0.2) is 29.9 Å². The molecule has 1 amide bonds. The molecule has 0 spiro atoms. The minimum absolute atomic E-state index is 0. The van der Waals surface area contributed by atoms with Crippen molar-refractivity contribution in [3.63, 3.8) is 0 Å². The summed E-state index contributed by atoms with van der Waals surface area (Å²) >= 11 is 1.60. The molecule has 1 aliphatic heterocycles. The molecule has 0 bridgehead atoms. The number of likely N-dealkylation sites (tertiary alicyclic amines) is 1. The molecule has 1 aromatic rings. The number of carbonyl (C=O) groups is 1. The maximum atomic E-state index is 12.3. The first kappa shape index (κ1) is 15.5. The Morgan fingerprint density at radius 2 is 2.17 bits per heavy atom. The second-order valence-electron chi connectivity index (χ2n) is 5.03. The fraction of sp³-hybridized carbons (Fsp3) is 0.615. The summed E-state index contributed by atoms with van der Waals surface area (Å²) < 4.78 is 0. The monoisotopic (exact) mass is 288 g/mol. The second kappa shape index (κ2) is 6.04. The van der Waals surface area contributed by atoms with Crippen molar-refractivity contribution in [1.29, 1.82) is 0 Å². The molecule has 0 aliphatic carbocycles. The summed E-state index contributed by atoms with van der Waals surface area (Å²) in [6.07, 6.45) is 0.913. The topological polar surface area (TPSA) is 46.3 Å². The Morgan fingerprint density at radius 3 is 2.67 bits per heavy atom. The van der Waals surface area contributed by atoms with Gasteiger partial charge in [0.25, 0.3) is 5.91 Å². The third-order valence-corrected chi connectivity index (χ3v) is 4.78. The molecule has 0 radical (unpaired) electrons. The van der Waals surface area contributed by atoms with Gasteiger partial charge < -0.3 is 10.6 Å². The zero-order valence-corrected chi connectivity index (χ0v) is 12.7. The normalized spacial score (nSPS) is 23.7. The first-order chi connectivity index (χ1) is 7.99. The number of nitrogens with two attached hydrogens (primary N) is 1. The molecular formula is C13H21ClN2OS. The second-order valence-corrected chi connectivity index (χ2v) is 6.29. The van der Waals surface area contributed by atoms with Gasteiger partial charge in [-0.1, -0.05) is 6.92 Å². The van der Waals surface area contributed by atoms with Crippen LogP contribution in [0, 0.1) is 19.8 Å². The van der Waals surface area contributed by atoms with Gasteiger partial charge in [-0.2, -0.15) is 0 Å². The number of piperidine rings is 1. The van der Waals surface area contributed by atoms with Crippen LogP contribution in [-0.2, 0) is 0 Å². The summed E-state index contributed by atoms with van der Waals surface area (Å²) in [5.41, 5.74) is 7.18. The van der Waals surface area contributed by atoms with Crippen molar-refractivity contribution >= 4 is 29.7 Å². The quantitative estimate of drug-likeness (QED) is 0.863. The molecule has 18 heavy (non-hydrogen) atoms. The van der Waals surface area contributed by atoms with Crippen molar-refractivity contribution in [2.75, 3.05) is 13.1 Å². The van der Waals surface area contributed by atoms with E-state index in [4.69, 9.17) is 5.73 Å². The smallest absolute Gasteiger partial charge is 0.263 e. The van der Waals surface area contributed by atoms with Gasteiger partial charge in [0.2, 0.25) is 0 Å². The predicted molar refractivity (Wildman–Crippen MR) is 78.7 cm³/mol. The van der Waals surface area contributed by atoms with Gasteiger partial charge in [-0.05, 0) is 37.8 Å². The van der Waals surface area contributed by atoms with Crippen molar-refractivity contribution < 1.29 is 4.79 Å². The molecule has 0 saturated carbocycles. The molecule has 3 nitrogen and oxygen atoms in total. The Labute approximate surface area is 119 Å². The highest BCUT2D eigenvalue weighted by molar-refractivity contribution is 7.14. The molecule has 1 aliphatic rings. The van der Waals surface area contributed by atoms with Crippen molar-refractivity contribution in [3.8, 4) is 0 Å². The Hall–Kier alpha value is -0.580. The van der Waals surface area contributed by atoms with Crippen LogP contribution in [0.25, 0.3) is 0 Å². The number of nitrogens with zero attached hydrogens (tertiary/aromatic N) is 1. The standard InChI is InChI=1S/C13H20N2OS.ClH/c1-8-6-12(17-10(8)3)13(16)15-5-4-11(14)9(2)7-15;/h6,9,11H,4-5,7,14H2,1-3H3;1H. The van der Waals surface area contributed by atoms with Gasteiger partial charge in [0, 0.05) is 24.0 Å². The fourth-order valence-electron chi connectivity index (χ4n) is 2.18. The number of halogens is 1. The molecule has 1 aromatic heterocycles. The van der Waals surface area contributed by atoms with Gasteiger partial charge in [0.15, 0.2) is 0 Å². The lowest BCUT2D eigenvalue weighted by Gasteiger charge is -2.34. The number of hydrogen-bond donors (Lipinski definition) is 1. The zero-order valence-electron chi connectivity index (χ0n) is 11.1. The van der Waals surface area contributed by atoms with Gasteiger partial charge in [0.1, 0.15) is 0 Å². The van der Waals surface area contributed by atoms with E-state index in [1.807, 2.05) is 11.0 Å². The lowest BCUT2D eigenvalue weighted by atomic mass is 9.95. The van der Waals surface area contributed by atoms with Crippen LogP contribution >= 0.6 is 23.7 Å². The van der Waals surface area contributed by atoms with Crippen molar-refractivity contribution in [3.05, 3.63) is 21.4 Å². The first-order valence-electron chi connectivity index (χ1n) is 6.11. The van der Waals surface area contributed by atoms with Crippen LogP contribution in [0.5, 0.6) is 0 Å². The average molecular weight is 289 g/mol. The molecular weight excluding hydrogens is 268 g/mol. The van der Waals surface area contributed by atoms with E-state index >= 15 is 0 Å². The maximum Gasteiger partial charge on any atom is 0.263 e. The van der Waals surface area contributed by atoms with E-state index in [0.717, 1.165) is 24.4 Å². The van der Waals surface area contributed by atoms with E-state index in [-0.39, 0.29) is 24.4 Å². The third-order valence-electron chi connectivity index (χ3n) is 3.64. The molecule has 2 unspecified atom stereocenters. The Balaban J connectivity index is 0.00000162. The molecule has 1 saturated heterocycles. The van der Waals surface area contributed by atoms with Crippen LogP contribution in [0.2, 0.25) is 0 Å². The number of thiophene rings is 1. The number of hydrogen-bond acceptors (Lipinski definition) is 3. The average Bonchev–Trinajstić information content (AvgIpc) is 2.62. The SMILES string of the molecule is Cc1cc(C(=O)N2CCC(N)C(C)C2)sc1C.Cl. The highest BCUT2D eigenvalue weighted by Gasteiger charge is 2.27. The summed E-state index contributed by atoms with van der Waals surface area (Å²) in [6, 6.07) is 2.24. The summed E-state index contributed by atoms with van der Waals surface area (Å²) in [5.74, 6) is 0.569. The predicted octanol–water partition coefficient (Wildman–Crippen LogP) is 2.60. The van der Waals surface area contributed by atoms with Crippen LogP contribution in [0.3, 0.4) is 0 Å². The molecule has 2 atom stereocenters. The van der Waals surface area contributed by atoms with E-state index < -0.39 is 0 Å². The van der Waals surface area contributed by atoms with Crippen molar-refractivity contribution in [2.24, 2.45) is 11.7 Å². The zero-order chi connectivity index (χ0) is 12.6. The van der Waals surface area contributed by atoms with E-state index in [1.165, 1.54) is 10.4 Å². The Bertz CT molecular complexity index is 413. The molecule has 2 rings (SSSR count). The van der Waals surface area contributed by atoms with Crippen LogP contribution in [0.4, 0.5) is 0 Å². The number of carbonyl (C=O) groups excluding carboxylic acids is 1. The van der Waals surface area contributed by atoms with Gasteiger partial charge in [-0.25, -0.2) is 0 Å². The summed E-state index contributed by atoms with van der Waals surface area (Å²) in [6.45, 7) is 7.81. The van der Waals surface area contributed by atoms with Gasteiger partial charge >= 0.3 is 0 Å². The van der Waals surface area contributed by atoms with E-state index in [9.17, 15) is 4.79 Å². The van der Waals surface area contributed by atoms with Gasteiger partial charge in [-0.3, -0.25) is 4.79 Å². The van der Waals surface area contributed by atoms with E-state index in [0.29, 0.717) is 5.92 Å². The molecule has 102 valence electrons. The largest absolute Gasteiger partial charge is 0.338 e. The molecule has 1 fully saturated rings. The lowest BCUT2D eigenvalue weighted by Crippen LogP contribution is -2.48. The Morgan fingerprint density at radius 1 is 1.50 bits per heavy atom. The van der Waals surface area contributed by atoms with Crippen molar-refractivity contribution in [2.45, 2.75) is 33.2 Å².